The first-order valence-corrected chi connectivity index (χ1v) is 3.48. The van der Waals surface area contributed by atoms with Gasteiger partial charge < -0.3 is 4.52 Å². The van der Waals surface area contributed by atoms with E-state index in [9.17, 15) is 13.2 Å². The van der Waals surface area contributed by atoms with E-state index in [1.54, 1.807) is 0 Å². The zero-order chi connectivity index (χ0) is 8.77. The quantitative estimate of drug-likeness (QED) is 0.659. The first kappa shape index (κ1) is 7.57. The van der Waals surface area contributed by atoms with Crippen LogP contribution in [0.1, 0.15) is 30.5 Å². The third-order valence-corrected chi connectivity index (χ3v) is 1.62. The Hall–Kier alpha value is -1.07. The number of rotatable bonds is 1. The van der Waals surface area contributed by atoms with Crippen LogP contribution in [-0.4, -0.2) is 10.1 Å². The minimum absolute atomic E-state index is 0.0635. The minimum Gasteiger partial charge on any atom is -0.339 e. The van der Waals surface area contributed by atoms with E-state index in [0.717, 1.165) is 12.8 Å². The molecule has 1 heterocycles. The fourth-order valence-corrected chi connectivity index (χ4v) is 0.846. The van der Waals surface area contributed by atoms with E-state index >= 15 is 0 Å². The minimum atomic E-state index is -4.49. The Morgan fingerprint density at radius 3 is 2.42 bits per heavy atom. The lowest BCUT2D eigenvalue weighted by Crippen LogP contribution is -2.07. The SMILES string of the molecule is FC(F)(F)c1noc(C2CC2)n1. The molecule has 0 amide bonds. The van der Waals surface area contributed by atoms with Crippen molar-refractivity contribution in [2.24, 2.45) is 0 Å². The zero-order valence-electron chi connectivity index (χ0n) is 5.93. The van der Waals surface area contributed by atoms with Gasteiger partial charge in [0, 0.05) is 5.92 Å². The van der Waals surface area contributed by atoms with Gasteiger partial charge in [0.1, 0.15) is 0 Å². The highest BCUT2D eigenvalue weighted by molar-refractivity contribution is 5.02. The summed E-state index contributed by atoms with van der Waals surface area (Å²) in [7, 11) is 0. The maximum absolute atomic E-state index is 11.9. The predicted octanol–water partition coefficient (Wildman–Crippen LogP) is 1.97. The molecule has 0 saturated heterocycles. The first-order valence-electron chi connectivity index (χ1n) is 3.48. The van der Waals surface area contributed by atoms with Crippen molar-refractivity contribution in [1.82, 2.24) is 10.1 Å². The number of aromatic nitrogens is 2. The van der Waals surface area contributed by atoms with E-state index in [4.69, 9.17) is 0 Å². The molecule has 1 aromatic rings. The highest BCUT2D eigenvalue weighted by Crippen LogP contribution is 2.40. The molecule has 0 aliphatic heterocycles. The molecule has 0 N–H and O–H groups in total. The van der Waals surface area contributed by atoms with Crippen molar-refractivity contribution in [3.8, 4) is 0 Å². The van der Waals surface area contributed by atoms with Crippen molar-refractivity contribution in [2.45, 2.75) is 24.9 Å². The molecule has 0 atom stereocenters. The Balaban J connectivity index is 2.23. The summed E-state index contributed by atoms with van der Waals surface area (Å²) in [5.74, 6) is -1.000. The summed E-state index contributed by atoms with van der Waals surface area (Å²) in [6.45, 7) is 0. The third-order valence-electron chi connectivity index (χ3n) is 1.62. The molecule has 0 bridgehead atoms. The van der Waals surface area contributed by atoms with Crippen LogP contribution in [0.5, 0.6) is 0 Å². The van der Waals surface area contributed by atoms with Gasteiger partial charge in [0.25, 0.3) is 5.82 Å². The first-order chi connectivity index (χ1) is 5.57. The Kier molecular flexibility index (Phi) is 1.39. The number of halogens is 3. The predicted molar refractivity (Wildman–Crippen MR) is 31.3 cm³/mol. The van der Waals surface area contributed by atoms with Gasteiger partial charge >= 0.3 is 6.18 Å². The van der Waals surface area contributed by atoms with Crippen molar-refractivity contribution in [3.05, 3.63) is 11.7 Å². The second kappa shape index (κ2) is 2.21. The molecule has 0 radical (unpaired) electrons. The van der Waals surface area contributed by atoms with Gasteiger partial charge in [0.2, 0.25) is 5.89 Å². The molecule has 0 spiro atoms. The fourth-order valence-electron chi connectivity index (χ4n) is 0.846. The average Bonchev–Trinajstić information content (AvgIpc) is 2.66. The van der Waals surface area contributed by atoms with Gasteiger partial charge in [-0.15, -0.1) is 0 Å². The number of nitrogens with zero attached hydrogens (tertiary/aromatic N) is 2. The summed E-state index contributed by atoms with van der Waals surface area (Å²) in [6.07, 6.45) is -2.80. The molecule has 66 valence electrons. The van der Waals surface area contributed by atoms with Gasteiger partial charge in [-0.2, -0.15) is 18.2 Å². The third kappa shape index (κ3) is 1.28. The normalized spacial score (nSPS) is 18.2. The molecule has 1 saturated carbocycles. The molecule has 0 aromatic carbocycles. The lowest BCUT2D eigenvalue weighted by atomic mass is 10.4. The van der Waals surface area contributed by atoms with Gasteiger partial charge in [-0.3, -0.25) is 0 Å². The van der Waals surface area contributed by atoms with Crippen LogP contribution in [0.2, 0.25) is 0 Å². The topological polar surface area (TPSA) is 38.9 Å². The summed E-state index contributed by atoms with van der Waals surface area (Å²) < 4.78 is 40.1. The number of hydrogen-bond acceptors (Lipinski definition) is 3. The van der Waals surface area contributed by atoms with Crippen LogP contribution in [0.4, 0.5) is 13.2 Å². The molecule has 1 aliphatic carbocycles. The second-order valence-electron chi connectivity index (χ2n) is 2.73. The largest absolute Gasteiger partial charge is 0.455 e. The fraction of sp³-hybridized carbons (Fsp3) is 0.667. The highest BCUT2D eigenvalue weighted by Gasteiger charge is 2.39. The number of alkyl halides is 3. The molecule has 0 unspecified atom stereocenters. The van der Waals surface area contributed by atoms with Crippen LogP contribution in [0, 0.1) is 0 Å². The maximum atomic E-state index is 11.9. The second-order valence-corrected chi connectivity index (χ2v) is 2.73. The Labute approximate surface area is 65.6 Å². The molecule has 1 aliphatic rings. The van der Waals surface area contributed by atoms with Gasteiger partial charge in [-0.05, 0) is 12.8 Å². The lowest BCUT2D eigenvalue weighted by Gasteiger charge is -1.95. The average molecular weight is 178 g/mol. The molecule has 6 heteroatoms. The van der Waals surface area contributed by atoms with Crippen LogP contribution in [0.25, 0.3) is 0 Å². The highest BCUT2D eigenvalue weighted by atomic mass is 19.4. The molecule has 1 aromatic heterocycles. The van der Waals surface area contributed by atoms with Crippen molar-refractivity contribution >= 4 is 0 Å². The molecule has 2 rings (SSSR count). The molecular weight excluding hydrogens is 173 g/mol. The summed E-state index contributed by atoms with van der Waals surface area (Å²) in [6, 6.07) is 0. The smallest absolute Gasteiger partial charge is 0.339 e. The van der Waals surface area contributed by atoms with Crippen LogP contribution in [0.3, 0.4) is 0 Å². The van der Waals surface area contributed by atoms with E-state index in [1.165, 1.54) is 0 Å². The van der Waals surface area contributed by atoms with Crippen LogP contribution in [0.15, 0.2) is 4.52 Å². The van der Waals surface area contributed by atoms with Crippen LogP contribution < -0.4 is 0 Å². The van der Waals surface area contributed by atoms with Gasteiger partial charge in [-0.25, -0.2) is 0 Å². The maximum Gasteiger partial charge on any atom is 0.455 e. The van der Waals surface area contributed by atoms with Crippen LogP contribution in [-0.2, 0) is 6.18 Å². The van der Waals surface area contributed by atoms with Gasteiger partial charge in [-0.1, -0.05) is 5.16 Å². The van der Waals surface area contributed by atoms with Crippen LogP contribution >= 0.6 is 0 Å². The lowest BCUT2D eigenvalue weighted by molar-refractivity contribution is -0.146. The van der Waals surface area contributed by atoms with E-state index in [-0.39, 0.29) is 11.8 Å². The van der Waals surface area contributed by atoms with Crippen molar-refractivity contribution in [2.75, 3.05) is 0 Å². The van der Waals surface area contributed by atoms with E-state index in [1.807, 2.05) is 0 Å². The molecule has 12 heavy (non-hydrogen) atoms. The zero-order valence-corrected chi connectivity index (χ0v) is 5.93. The standard InChI is InChI=1S/C6H5F3N2O/c7-6(8,9)5-10-4(12-11-5)3-1-2-3/h3H,1-2H2. The van der Waals surface area contributed by atoms with Crippen molar-refractivity contribution < 1.29 is 17.7 Å². The summed E-state index contributed by atoms with van der Waals surface area (Å²) in [5.41, 5.74) is 0. The molecule has 3 nitrogen and oxygen atoms in total. The Morgan fingerprint density at radius 2 is 2.00 bits per heavy atom. The monoisotopic (exact) mass is 178 g/mol. The Bertz CT molecular complexity index is 289. The van der Waals surface area contributed by atoms with Crippen molar-refractivity contribution in [1.29, 1.82) is 0 Å². The summed E-state index contributed by atoms with van der Waals surface area (Å²) >= 11 is 0. The molecule has 1 fully saturated rings. The van der Waals surface area contributed by atoms with E-state index in [0.29, 0.717) is 0 Å². The summed E-state index contributed by atoms with van der Waals surface area (Å²) in [4.78, 5) is 3.24. The number of hydrogen-bond donors (Lipinski definition) is 0. The van der Waals surface area contributed by atoms with Gasteiger partial charge in [0.15, 0.2) is 0 Å². The van der Waals surface area contributed by atoms with E-state index in [2.05, 4.69) is 14.7 Å². The van der Waals surface area contributed by atoms with E-state index < -0.39 is 12.0 Å². The van der Waals surface area contributed by atoms with Gasteiger partial charge in [0.05, 0.1) is 0 Å². The Morgan fingerprint density at radius 1 is 1.33 bits per heavy atom. The summed E-state index contributed by atoms with van der Waals surface area (Å²) in [5, 5.41) is 2.84. The molecular formula is C6H5F3N2O. The van der Waals surface area contributed by atoms with Crippen molar-refractivity contribution in [3.63, 3.8) is 0 Å².